The van der Waals surface area contributed by atoms with Crippen molar-refractivity contribution in [3.05, 3.63) is 23.8 Å². The number of nitrogens with zero attached hydrogens (tertiary/aromatic N) is 2. The van der Waals surface area contributed by atoms with E-state index in [1.165, 1.54) is 37.9 Å². The van der Waals surface area contributed by atoms with Crippen LogP contribution in [0.3, 0.4) is 0 Å². The molecule has 0 radical (unpaired) electrons. The van der Waals surface area contributed by atoms with Crippen LogP contribution >= 0.6 is 0 Å². The topological polar surface area (TPSA) is 15.6 Å². The maximum atomic E-state index is 4.10. The Bertz CT molecular complexity index is 246. The first-order valence-electron chi connectivity index (χ1n) is 7.83. The number of likely N-dealkylation sites (tertiary alicyclic amines) is 1. The molecule has 0 saturated carbocycles. The second kappa shape index (κ2) is 17.1. The lowest BCUT2D eigenvalue weighted by Crippen LogP contribution is -2.31. The van der Waals surface area contributed by atoms with Crippen LogP contribution in [0, 0.1) is 0 Å². The first-order chi connectivity index (χ1) is 9.36. The van der Waals surface area contributed by atoms with Crippen molar-refractivity contribution in [1.29, 1.82) is 0 Å². The van der Waals surface area contributed by atoms with Crippen LogP contribution in [0.1, 0.15) is 53.9 Å². The number of hydrogen-bond acceptors (Lipinski definition) is 2. The van der Waals surface area contributed by atoms with Crippen molar-refractivity contribution in [1.82, 2.24) is 4.90 Å². The molecule has 0 aromatic carbocycles. The van der Waals surface area contributed by atoms with Gasteiger partial charge in [-0.1, -0.05) is 52.3 Å². The molecule has 112 valence electrons. The van der Waals surface area contributed by atoms with Gasteiger partial charge in [0, 0.05) is 19.8 Å². The number of rotatable bonds is 4. The zero-order chi connectivity index (χ0) is 14.9. The molecule has 1 saturated heterocycles. The van der Waals surface area contributed by atoms with E-state index in [0.29, 0.717) is 0 Å². The van der Waals surface area contributed by atoms with E-state index < -0.39 is 0 Å². The van der Waals surface area contributed by atoms with Gasteiger partial charge in [0.05, 0.1) is 0 Å². The molecule has 1 heterocycles. The molecule has 0 atom stereocenters. The molecule has 0 amide bonds. The van der Waals surface area contributed by atoms with Crippen molar-refractivity contribution in [3.63, 3.8) is 0 Å². The fraction of sp³-hybridized carbons (Fsp3) is 0.706. The second-order valence-electron chi connectivity index (χ2n) is 3.99. The highest BCUT2D eigenvalue weighted by atomic mass is 15.1. The highest BCUT2D eigenvalue weighted by molar-refractivity contribution is 5.79. The van der Waals surface area contributed by atoms with Crippen LogP contribution in [-0.2, 0) is 0 Å². The molecule has 1 rings (SSSR count). The Labute approximate surface area is 121 Å². The first kappa shape index (κ1) is 20.4. The maximum Gasteiger partial charge on any atom is 0.0277 e. The molecule has 0 aromatic rings. The molecule has 2 heteroatoms. The third-order valence-electron chi connectivity index (χ3n) is 2.65. The lowest BCUT2D eigenvalue weighted by atomic mass is 10.1. The maximum absolute atomic E-state index is 4.10. The van der Waals surface area contributed by atoms with Gasteiger partial charge in [0.25, 0.3) is 0 Å². The van der Waals surface area contributed by atoms with Gasteiger partial charge in [-0.25, -0.2) is 0 Å². The standard InChI is InChI=1S/C13H22N2.2C2H6/c1-3-4-8-13(11-14-2)12-15-9-6-5-7-10-15;2*1-2/h3-4,8,11H,5-7,9-10,12H2,1-2H3;2*1-2H3/b4-3+,13-8+,14-11?;;. The van der Waals surface area contributed by atoms with Gasteiger partial charge in [-0.05, 0) is 38.4 Å². The van der Waals surface area contributed by atoms with Gasteiger partial charge >= 0.3 is 0 Å². The van der Waals surface area contributed by atoms with E-state index in [4.69, 9.17) is 0 Å². The number of allylic oxidation sites excluding steroid dienone is 3. The summed E-state index contributed by atoms with van der Waals surface area (Å²) in [6.45, 7) is 13.6. The summed E-state index contributed by atoms with van der Waals surface area (Å²) in [6.07, 6.45) is 12.4. The van der Waals surface area contributed by atoms with Gasteiger partial charge in [0.15, 0.2) is 0 Å². The van der Waals surface area contributed by atoms with Crippen LogP contribution < -0.4 is 0 Å². The van der Waals surface area contributed by atoms with E-state index in [2.05, 4.69) is 28.1 Å². The van der Waals surface area contributed by atoms with E-state index >= 15 is 0 Å². The van der Waals surface area contributed by atoms with Gasteiger partial charge in [-0.15, -0.1) is 0 Å². The summed E-state index contributed by atoms with van der Waals surface area (Å²) in [4.78, 5) is 6.61. The Morgan fingerprint density at radius 2 is 1.63 bits per heavy atom. The molecule has 19 heavy (non-hydrogen) atoms. The third-order valence-corrected chi connectivity index (χ3v) is 2.65. The largest absolute Gasteiger partial charge is 0.299 e. The lowest BCUT2D eigenvalue weighted by Gasteiger charge is -2.26. The summed E-state index contributed by atoms with van der Waals surface area (Å²) in [5.74, 6) is 0. The summed E-state index contributed by atoms with van der Waals surface area (Å²) in [5.41, 5.74) is 1.30. The average Bonchev–Trinajstić information content (AvgIpc) is 2.50. The highest BCUT2D eigenvalue weighted by Crippen LogP contribution is 2.10. The molecule has 0 aliphatic carbocycles. The molecular weight excluding hydrogens is 232 g/mol. The fourth-order valence-corrected chi connectivity index (χ4v) is 1.90. The number of aliphatic imine (C=N–C) groups is 1. The van der Waals surface area contributed by atoms with Gasteiger partial charge in [0.2, 0.25) is 0 Å². The normalized spacial score (nSPS) is 16.8. The molecule has 0 unspecified atom stereocenters. The minimum atomic E-state index is 1.04. The fourth-order valence-electron chi connectivity index (χ4n) is 1.90. The second-order valence-corrected chi connectivity index (χ2v) is 3.99. The summed E-state index contributed by atoms with van der Waals surface area (Å²) in [5, 5.41) is 0. The predicted molar refractivity (Wildman–Crippen MR) is 90.3 cm³/mol. The third kappa shape index (κ3) is 11.9. The molecule has 1 aliphatic rings. The molecule has 0 bridgehead atoms. The zero-order valence-electron chi connectivity index (χ0n) is 13.9. The Balaban J connectivity index is 0. The van der Waals surface area contributed by atoms with E-state index in [-0.39, 0.29) is 0 Å². The van der Waals surface area contributed by atoms with E-state index in [1.807, 2.05) is 47.9 Å². The van der Waals surface area contributed by atoms with Gasteiger partial charge in [-0.3, -0.25) is 9.89 Å². The average molecular weight is 266 g/mol. The molecule has 1 aliphatic heterocycles. The van der Waals surface area contributed by atoms with Crippen molar-refractivity contribution >= 4 is 6.21 Å². The van der Waals surface area contributed by atoms with Crippen LogP contribution in [-0.4, -0.2) is 37.8 Å². The number of hydrogen-bond donors (Lipinski definition) is 0. The van der Waals surface area contributed by atoms with Crippen LogP contribution in [0.2, 0.25) is 0 Å². The predicted octanol–water partition coefficient (Wildman–Crippen LogP) is 4.73. The van der Waals surface area contributed by atoms with E-state index in [0.717, 1.165) is 6.54 Å². The summed E-state index contributed by atoms with van der Waals surface area (Å²) in [7, 11) is 1.83. The quantitative estimate of drug-likeness (QED) is 0.530. The monoisotopic (exact) mass is 266 g/mol. The Hall–Kier alpha value is -0.890. The van der Waals surface area contributed by atoms with Crippen LogP contribution in [0.4, 0.5) is 0 Å². The smallest absolute Gasteiger partial charge is 0.0277 e. The van der Waals surface area contributed by atoms with Crippen molar-refractivity contribution < 1.29 is 0 Å². The molecular formula is C17H34N2. The minimum Gasteiger partial charge on any atom is -0.299 e. The van der Waals surface area contributed by atoms with Crippen molar-refractivity contribution in [2.75, 3.05) is 26.7 Å². The molecule has 2 nitrogen and oxygen atoms in total. The van der Waals surface area contributed by atoms with Crippen LogP contribution in [0.15, 0.2) is 28.8 Å². The first-order valence-corrected chi connectivity index (χ1v) is 7.83. The Morgan fingerprint density at radius 3 is 2.11 bits per heavy atom. The van der Waals surface area contributed by atoms with Gasteiger partial charge in [0.1, 0.15) is 0 Å². The SMILES string of the molecule is C/C=C/C=C(\C=NC)CN1CCCCC1.CC.CC. The summed E-state index contributed by atoms with van der Waals surface area (Å²) in [6, 6.07) is 0. The van der Waals surface area contributed by atoms with Gasteiger partial charge in [-0.2, -0.15) is 0 Å². The number of piperidine rings is 1. The Kier molecular flexibility index (Phi) is 18.4. The molecule has 1 fully saturated rings. The molecule has 0 spiro atoms. The van der Waals surface area contributed by atoms with Crippen LogP contribution in [0.5, 0.6) is 0 Å². The van der Waals surface area contributed by atoms with E-state index in [1.54, 1.807) is 0 Å². The van der Waals surface area contributed by atoms with Crippen molar-refractivity contribution in [3.8, 4) is 0 Å². The minimum absolute atomic E-state index is 1.04. The summed E-state index contributed by atoms with van der Waals surface area (Å²) < 4.78 is 0. The van der Waals surface area contributed by atoms with Crippen LogP contribution in [0.25, 0.3) is 0 Å². The Morgan fingerprint density at radius 1 is 1.05 bits per heavy atom. The zero-order valence-corrected chi connectivity index (χ0v) is 13.9. The van der Waals surface area contributed by atoms with Gasteiger partial charge < -0.3 is 0 Å². The molecule has 0 aromatic heterocycles. The van der Waals surface area contributed by atoms with E-state index in [9.17, 15) is 0 Å². The van der Waals surface area contributed by atoms with Crippen molar-refractivity contribution in [2.24, 2.45) is 4.99 Å². The lowest BCUT2D eigenvalue weighted by molar-refractivity contribution is 0.249. The van der Waals surface area contributed by atoms with Crippen molar-refractivity contribution in [2.45, 2.75) is 53.9 Å². The highest BCUT2D eigenvalue weighted by Gasteiger charge is 2.10. The molecule has 0 N–H and O–H groups in total. The summed E-state index contributed by atoms with van der Waals surface area (Å²) >= 11 is 0.